The van der Waals surface area contributed by atoms with Crippen molar-refractivity contribution in [1.29, 1.82) is 0 Å². The van der Waals surface area contributed by atoms with E-state index in [-0.39, 0.29) is 5.92 Å². The van der Waals surface area contributed by atoms with Gasteiger partial charge in [-0.15, -0.1) is 24.4 Å². The number of hydrogen-bond acceptors (Lipinski definition) is 2. The van der Waals surface area contributed by atoms with E-state index in [1.165, 1.54) is 162 Å². The van der Waals surface area contributed by atoms with Gasteiger partial charge in [-0.1, -0.05) is 221 Å². The first-order chi connectivity index (χ1) is 40.6. The summed E-state index contributed by atoms with van der Waals surface area (Å²) < 4.78 is 0. The zero-order valence-electron chi connectivity index (χ0n) is 47.4. The third-order valence-electron chi connectivity index (χ3n) is 18.7. The fourth-order valence-electron chi connectivity index (χ4n) is 15.0. The molecule has 0 saturated heterocycles. The van der Waals surface area contributed by atoms with E-state index in [9.17, 15) is 0 Å². The molecule has 0 aromatic heterocycles. The van der Waals surface area contributed by atoms with Gasteiger partial charge in [0.15, 0.2) is 0 Å². The van der Waals surface area contributed by atoms with E-state index < -0.39 is 0 Å². The van der Waals surface area contributed by atoms with Crippen molar-refractivity contribution in [3.8, 4) is 11.1 Å². The molecule has 0 nitrogen and oxygen atoms in total. The average molecular weight is 1100 g/mol. The lowest BCUT2D eigenvalue weighted by molar-refractivity contribution is 0.824. The Morgan fingerprint density at radius 2 is 1.29 bits per heavy atom. The highest BCUT2D eigenvalue weighted by Gasteiger charge is 2.30. The Labute approximate surface area is 493 Å². The lowest BCUT2D eigenvalue weighted by Gasteiger charge is -2.28. The number of fused-ring (bicyclic) bond motifs is 14. The number of rotatable bonds is 8. The van der Waals surface area contributed by atoms with Gasteiger partial charge in [0.1, 0.15) is 0 Å². The predicted octanol–water partition coefficient (Wildman–Crippen LogP) is 18.6. The van der Waals surface area contributed by atoms with Crippen molar-refractivity contribution < 1.29 is 0 Å². The van der Waals surface area contributed by atoms with Gasteiger partial charge in [0.05, 0.1) is 5.25 Å². The molecule has 0 radical (unpaired) electrons. The summed E-state index contributed by atoms with van der Waals surface area (Å²) in [5.74, 6) is 0.386. The zero-order valence-corrected chi connectivity index (χ0v) is 49.1. The Hall–Kier alpha value is -8.66. The van der Waals surface area contributed by atoms with E-state index in [4.69, 9.17) is 19.2 Å². The molecule has 16 rings (SSSR count). The first kappa shape index (κ1) is 50.1. The lowest BCUT2D eigenvalue weighted by Crippen LogP contribution is -2.38. The topological polar surface area (TPSA) is 0 Å². The Morgan fingerprint density at radius 1 is 0.639 bits per heavy atom. The number of hydrogen-bond donors (Lipinski definition) is 1. The Morgan fingerprint density at radius 3 is 2.06 bits per heavy atom. The number of aryl methyl sites for hydroxylation is 1. The average Bonchev–Trinajstić information content (AvgIpc) is 1.69. The summed E-state index contributed by atoms with van der Waals surface area (Å²) in [6, 6.07) is 55.8. The maximum absolute atomic E-state index is 5.07. The van der Waals surface area contributed by atoms with Crippen LogP contribution in [0.3, 0.4) is 0 Å². The van der Waals surface area contributed by atoms with Crippen molar-refractivity contribution in [2.24, 2.45) is 11.8 Å². The van der Waals surface area contributed by atoms with Crippen LogP contribution in [0.5, 0.6) is 0 Å². The molecule has 1 aliphatic heterocycles. The van der Waals surface area contributed by atoms with Crippen molar-refractivity contribution in [2.45, 2.75) is 51.2 Å². The van der Waals surface area contributed by atoms with Crippen LogP contribution in [0.15, 0.2) is 245 Å². The quantitative estimate of drug-likeness (QED) is 0.0685. The molecule has 0 saturated carbocycles. The first-order valence-corrected chi connectivity index (χ1v) is 30.7. The molecule has 0 N–H and O–H groups in total. The van der Waals surface area contributed by atoms with Crippen molar-refractivity contribution >= 4 is 140 Å². The minimum atomic E-state index is -0.102. The highest BCUT2D eigenvalue weighted by atomic mass is 32.2. The van der Waals surface area contributed by atoms with Gasteiger partial charge in [0, 0.05) is 10.8 Å². The molecule has 1 heterocycles. The molecule has 2 bridgehead atoms. The maximum atomic E-state index is 5.07. The highest BCUT2D eigenvalue weighted by molar-refractivity contribution is 8.01. The summed E-state index contributed by atoms with van der Waals surface area (Å²) in [5, 5.41) is 27.6. The minimum absolute atomic E-state index is 0.102. The van der Waals surface area contributed by atoms with Gasteiger partial charge in [0.2, 0.25) is 0 Å². The van der Waals surface area contributed by atoms with Gasteiger partial charge in [-0.3, -0.25) is 0 Å². The van der Waals surface area contributed by atoms with Crippen LogP contribution in [0.2, 0.25) is 0 Å². The van der Waals surface area contributed by atoms with Crippen molar-refractivity contribution in [2.75, 3.05) is 0 Å². The first-order valence-electron chi connectivity index (χ1n) is 29.3. The predicted molar refractivity (Wildman–Crippen MR) is 366 cm³/mol. The Balaban J connectivity index is 1.06. The number of benzene rings is 10. The second-order valence-corrected chi connectivity index (χ2v) is 25.6. The molecule has 83 heavy (non-hydrogen) atoms. The smallest absolute Gasteiger partial charge is 0.0536 e. The van der Waals surface area contributed by atoms with Gasteiger partial charge in [0.25, 0.3) is 0 Å². The fraction of sp³-hybridized carbons (Fsp3) is 0.111. The summed E-state index contributed by atoms with van der Waals surface area (Å²) in [5.41, 5.74) is 14.5. The summed E-state index contributed by atoms with van der Waals surface area (Å²) in [6.07, 6.45) is 26.5. The van der Waals surface area contributed by atoms with E-state index in [0.29, 0.717) is 11.2 Å². The molecule has 3 aliphatic carbocycles. The zero-order chi connectivity index (χ0) is 56.1. The molecule has 12 aromatic carbocycles. The third-order valence-corrected chi connectivity index (χ3v) is 20.4. The fourth-order valence-corrected chi connectivity index (χ4v) is 16.4. The molecule has 4 aliphatic rings. The van der Waals surface area contributed by atoms with E-state index >= 15 is 0 Å². The summed E-state index contributed by atoms with van der Waals surface area (Å²) >= 11 is 6.95. The highest BCUT2D eigenvalue weighted by Crippen LogP contribution is 2.56. The van der Waals surface area contributed by atoms with E-state index in [2.05, 4.69) is 248 Å². The summed E-state index contributed by atoms with van der Waals surface area (Å²) in [4.78, 5) is 2.44. The monoisotopic (exact) mass is 1100 g/mol. The van der Waals surface area contributed by atoms with Gasteiger partial charge in [-0.25, -0.2) is 0 Å². The molecule has 0 fully saturated rings. The van der Waals surface area contributed by atoms with Crippen LogP contribution in [0.1, 0.15) is 56.1 Å². The van der Waals surface area contributed by atoms with Crippen LogP contribution in [-0.4, -0.2) is 0 Å². The van der Waals surface area contributed by atoms with Crippen LogP contribution in [0.25, 0.3) is 127 Å². The van der Waals surface area contributed by atoms with E-state index in [1.807, 2.05) is 17.8 Å². The molecule has 0 amide bonds. The van der Waals surface area contributed by atoms with E-state index in [1.54, 1.807) is 0 Å². The maximum Gasteiger partial charge on any atom is 0.0536 e. The van der Waals surface area contributed by atoms with E-state index in [0.717, 1.165) is 33.6 Å². The normalized spacial score (nSPS) is 19.8. The second-order valence-electron chi connectivity index (χ2n) is 23.8. The molecule has 0 spiro atoms. The van der Waals surface area contributed by atoms with Crippen molar-refractivity contribution in [1.82, 2.24) is 0 Å². The molecule has 2 unspecified atom stereocenters. The summed E-state index contributed by atoms with van der Waals surface area (Å²) in [6.45, 7) is 20.7. The number of thioether (sulfide) groups is 1. The number of allylic oxidation sites excluding steroid dienone is 13. The molecule has 396 valence electrons. The van der Waals surface area contributed by atoms with Crippen molar-refractivity contribution in [3.05, 3.63) is 283 Å². The third kappa shape index (κ3) is 7.35. The second kappa shape index (κ2) is 18.9. The molecule has 2 atom stereocenters. The van der Waals surface area contributed by atoms with Crippen LogP contribution in [0, 0.1) is 18.8 Å². The van der Waals surface area contributed by atoms with Crippen LogP contribution in [-0.2, 0) is 0 Å². The largest absolute Gasteiger partial charge is 0.147 e. The van der Waals surface area contributed by atoms with Gasteiger partial charge >= 0.3 is 0 Å². The lowest BCUT2D eigenvalue weighted by atomic mass is 9.85. The minimum Gasteiger partial charge on any atom is -0.147 e. The van der Waals surface area contributed by atoms with Gasteiger partial charge in [-0.05, 0) is 235 Å². The SMILES string of the molecule is C=C/C=C(\C=C(/C)C1=C(S)CC=C1)C1=c2\cccc\c2=C(/c2ccc3c(c2)C(/C=C\C(C)C)S3)C(=C)/C(C)=C/C=c2\c3c(c4ccc5c6c(-c7ccccc7C)c7cc8ccccc8c8c9ccccc9c(c6c6ccc2c4c56)c78)=CC\1C=3. The summed E-state index contributed by atoms with van der Waals surface area (Å²) in [7, 11) is 0. The number of thiol groups is 1. The Kier molecular flexibility index (Phi) is 11.4. The van der Waals surface area contributed by atoms with Crippen LogP contribution in [0.4, 0.5) is 0 Å². The molecular weight excluding hydrogens is 1040 g/mol. The van der Waals surface area contributed by atoms with Crippen molar-refractivity contribution in [3.63, 3.8) is 0 Å². The van der Waals surface area contributed by atoms with Crippen LogP contribution >= 0.6 is 24.4 Å². The molecule has 12 aromatic rings. The standard InChI is InChI=1S/C81H60S2/c1-8-18-50(39-47(6)53-27-17-28-69(53)82)73-52-42-65-56(32-30-45(4)48(7)72(57-23-13-14-24-58(57)73)51-31-38-71-67(41-51)70(83-71)37-29-44(2)3)61-33-35-64-77-63(36-34-62(76(61)77)66(65)43-52)79-74(54-21-11-9-19-46(54)5)68-40-49-20-10-12-22-55(49)75-59-25-15-16-26-60(59)78(80(64)79)81(68)75/h8-27,29-44,52,70,82H,1,7,28H2,2-6H3/b37-29-,45-30+,47-39+,50-18+,56-32-,72-57+,73-58-. The van der Waals surface area contributed by atoms with Gasteiger partial charge < -0.3 is 0 Å². The molecular formula is C81H60S2. The molecule has 2 heteroatoms. The van der Waals surface area contributed by atoms with Gasteiger partial charge in [-0.2, -0.15) is 0 Å². The Bertz CT molecular complexity index is 5490. The van der Waals surface area contributed by atoms with Crippen LogP contribution < -0.4 is 26.1 Å².